The number of rotatable bonds is 6. The topological polar surface area (TPSA) is 35.2 Å². The lowest BCUT2D eigenvalue weighted by Crippen LogP contribution is -2.09. The van der Waals surface area contributed by atoms with Gasteiger partial charge in [-0.25, -0.2) is 0 Å². The largest absolute Gasteiger partial charge is 0.497 e. The Bertz CT molecular complexity index is 527. The van der Waals surface area contributed by atoms with Gasteiger partial charge in [0.2, 0.25) is 0 Å². The van der Waals surface area contributed by atoms with Crippen LogP contribution in [0.15, 0.2) is 48.5 Å². The first-order chi connectivity index (χ1) is 9.72. The smallest absolute Gasteiger partial charge is 0.118 e. The minimum Gasteiger partial charge on any atom is -0.497 e. The first kappa shape index (κ1) is 15.2. The molecule has 106 valence electrons. The Morgan fingerprint density at radius 1 is 1.10 bits per heavy atom. The fraction of sp³-hybridized carbons (Fsp3) is 0.250. The van der Waals surface area contributed by atoms with Gasteiger partial charge in [-0.05, 0) is 35.4 Å². The maximum absolute atomic E-state index is 5.89. The third-order valence-electron chi connectivity index (χ3n) is 3.07. The third-order valence-corrected chi connectivity index (χ3v) is 4.69. The molecule has 2 N–H and O–H groups in total. The van der Waals surface area contributed by atoms with E-state index < -0.39 is 0 Å². The fourth-order valence-corrected chi connectivity index (χ4v) is 3.09. The molecule has 0 saturated heterocycles. The molecule has 0 saturated carbocycles. The minimum absolute atomic E-state index is 0.289. The number of benzene rings is 2. The molecule has 0 spiro atoms. The minimum atomic E-state index is 0.289. The Kier molecular flexibility index (Phi) is 5.77. The molecule has 0 amide bonds. The third kappa shape index (κ3) is 4.17. The van der Waals surface area contributed by atoms with Crippen LogP contribution in [0, 0.1) is 0 Å². The molecule has 0 aromatic heterocycles. The van der Waals surface area contributed by atoms with Crippen molar-refractivity contribution in [3.63, 3.8) is 0 Å². The predicted molar refractivity (Wildman–Crippen MR) is 87.5 cm³/mol. The maximum atomic E-state index is 5.89. The highest BCUT2D eigenvalue weighted by Crippen LogP contribution is 2.31. The molecule has 0 aliphatic rings. The van der Waals surface area contributed by atoms with Gasteiger partial charge < -0.3 is 10.5 Å². The van der Waals surface area contributed by atoms with Crippen LogP contribution >= 0.6 is 23.4 Å². The molecule has 1 atom stereocenters. The lowest BCUT2D eigenvalue weighted by molar-refractivity contribution is 0.414. The van der Waals surface area contributed by atoms with Gasteiger partial charge in [0.15, 0.2) is 0 Å². The van der Waals surface area contributed by atoms with Crippen molar-refractivity contribution >= 4 is 23.4 Å². The van der Waals surface area contributed by atoms with Gasteiger partial charge in [0.25, 0.3) is 0 Å². The van der Waals surface area contributed by atoms with E-state index in [-0.39, 0.29) is 5.25 Å². The molecule has 2 aromatic rings. The number of nitrogens with two attached hydrogens (primary N) is 1. The van der Waals surface area contributed by atoms with Gasteiger partial charge in [-0.3, -0.25) is 0 Å². The van der Waals surface area contributed by atoms with E-state index in [0.29, 0.717) is 6.54 Å². The van der Waals surface area contributed by atoms with Gasteiger partial charge in [-0.2, -0.15) is 0 Å². The number of thioether (sulfide) groups is 1. The van der Waals surface area contributed by atoms with Crippen LogP contribution in [-0.4, -0.2) is 13.7 Å². The normalized spacial score (nSPS) is 12.2. The van der Waals surface area contributed by atoms with Crippen molar-refractivity contribution in [2.75, 3.05) is 13.7 Å². The predicted octanol–water partition coefficient (Wildman–Crippen LogP) is 4.28. The van der Waals surface area contributed by atoms with Crippen molar-refractivity contribution < 1.29 is 4.74 Å². The molecular weight excluding hydrogens is 290 g/mol. The molecule has 0 fully saturated rings. The second kappa shape index (κ2) is 7.58. The summed E-state index contributed by atoms with van der Waals surface area (Å²) in [6.07, 6.45) is 0. The molecule has 0 aliphatic carbocycles. The summed E-state index contributed by atoms with van der Waals surface area (Å²) in [6, 6.07) is 16.0. The Morgan fingerprint density at radius 2 is 1.75 bits per heavy atom. The van der Waals surface area contributed by atoms with Crippen LogP contribution in [0.5, 0.6) is 5.75 Å². The van der Waals surface area contributed by atoms with Crippen LogP contribution in [-0.2, 0) is 5.75 Å². The Hall–Kier alpha value is -1.16. The van der Waals surface area contributed by atoms with Crippen molar-refractivity contribution in [1.82, 2.24) is 0 Å². The second-order valence-corrected chi connectivity index (χ2v) is 6.06. The molecule has 0 bridgehead atoms. The van der Waals surface area contributed by atoms with Crippen LogP contribution in [0.2, 0.25) is 5.02 Å². The summed E-state index contributed by atoms with van der Waals surface area (Å²) in [5.41, 5.74) is 8.38. The number of hydrogen-bond donors (Lipinski definition) is 1. The van der Waals surface area contributed by atoms with Crippen LogP contribution in [0.1, 0.15) is 16.4 Å². The summed E-state index contributed by atoms with van der Waals surface area (Å²) in [6.45, 7) is 0.616. The van der Waals surface area contributed by atoms with E-state index in [2.05, 4.69) is 24.3 Å². The highest BCUT2D eigenvalue weighted by Gasteiger charge is 2.10. The fourth-order valence-electron chi connectivity index (χ4n) is 1.90. The summed E-state index contributed by atoms with van der Waals surface area (Å²) in [4.78, 5) is 0. The molecule has 4 heteroatoms. The van der Waals surface area contributed by atoms with E-state index in [4.69, 9.17) is 22.1 Å². The van der Waals surface area contributed by atoms with Gasteiger partial charge in [-0.1, -0.05) is 35.9 Å². The Morgan fingerprint density at radius 3 is 2.30 bits per heavy atom. The zero-order chi connectivity index (χ0) is 14.4. The van der Waals surface area contributed by atoms with E-state index >= 15 is 0 Å². The van der Waals surface area contributed by atoms with Crippen molar-refractivity contribution in [2.45, 2.75) is 11.0 Å². The van der Waals surface area contributed by atoms with Crippen LogP contribution in [0.3, 0.4) is 0 Å². The highest BCUT2D eigenvalue weighted by atomic mass is 35.5. The molecule has 0 aliphatic heterocycles. The molecular formula is C16H18ClNOS. The van der Waals surface area contributed by atoms with Gasteiger partial charge in [-0.15, -0.1) is 11.8 Å². The van der Waals surface area contributed by atoms with Gasteiger partial charge in [0, 0.05) is 22.6 Å². The number of halogens is 1. The first-order valence-electron chi connectivity index (χ1n) is 6.43. The molecule has 0 heterocycles. The van der Waals surface area contributed by atoms with E-state index in [9.17, 15) is 0 Å². The lowest BCUT2D eigenvalue weighted by atomic mass is 10.1. The van der Waals surface area contributed by atoms with E-state index in [1.165, 1.54) is 11.1 Å². The maximum Gasteiger partial charge on any atom is 0.118 e. The summed E-state index contributed by atoms with van der Waals surface area (Å²) < 4.78 is 5.17. The highest BCUT2D eigenvalue weighted by molar-refractivity contribution is 7.98. The molecule has 1 unspecified atom stereocenters. The van der Waals surface area contributed by atoms with Crippen LogP contribution in [0.25, 0.3) is 0 Å². The Labute approximate surface area is 129 Å². The molecule has 20 heavy (non-hydrogen) atoms. The first-order valence-corrected chi connectivity index (χ1v) is 7.85. The standard InChI is InChI=1S/C16H18ClNOS/c1-19-15-8-4-13(5-9-15)16(10-18)20-11-12-2-6-14(17)7-3-12/h2-9,16H,10-11,18H2,1H3. The lowest BCUT2D eigenvalue weighted by Gasteiger charge is -2.15. The summed E-state index contributed by atoms with van der Waals surface area (Å²) in [7, 11) is 1.67. The van der Waals surface area contributed by atoms with Gasteiger partial charge in [0.05, 0.1) is 7.11 Å². The average molecular weight is 308 g/mol. The molecule has 2 rings (SSSR count). The van der Waals surface area contributed by atoms with Gasteiger partial charge >= 0.3 is 0 Å². The van der Waals surface area contributed by atoms with Gasteiger partial charge in [0.1, 0.15) is 5.75 Å². The van der Waals surface area contributed by atoms with E-state index in [1.54, 1.807) is 7.11 Å². The second-order valence-electron chi connectivity index (χ2n) is 4.43. The van der Waals surface area contributed by atoms with Crippen molar-refractivity contribution in [2.24, 2.45) is 5.73 Å². The zero-order valence-electron chi connectivity index (χ0n) is 11.4. The Balaban J connectivity index is 1.99. The molecule has 0 radical (unpaired) electrons. The summed E-state index contributed by atoms with van der Waals surface area (Å²) in [5, 5.41) is 1.06. The molecule has 2 nitrogen and oxygen atoms in total. The van der Waals surface area contributed by atoms with Crippen LogP contribution in [0.4, 0.5) is 0 Å². The van der Waals surface area contributed by atoms with E-state index in [0.717, 1.165) is 16.5 Å². The van der Waals surface area contributed by atoms with Crippen molar-refractivity contribution in [3.05, 3.63) is 64.7 Å². The van der Waals surface area contributed by atoms with E-state index in [1.807, 2.05) is 36.0 Å². The number of ether oxygens (including phenoxy) is 1. The summed E-state index contributed by atoms with van der Waals surface area (Å²) >= 11 is 7.73. The summed E-state index contributed by atoms with van der Waals surface area (Å²) in [5.74, 6) is 1.79. The average Bonchev–Trinajstić information content (AvgIpc) is 2.50. The van der Waals surface area contributed by atoms with Crippen molar-refractivity contribution in [3.8, 4) is 5.75 Å². The number of methoxy groups -OCH3 is 1. The molecule has 2 aromatic carbocycles. The van der Waals surface area contributed by atoms with Crippen molar-refractivity contribution in [1.29, 1.82) is 0 Å². The number of hydrogen-bond acceptors (Lipinski definition) is 3. The quantitative estimate of drug-likeness (QED) is 0.865. The van der Waals surface area contributed by atoms with Crippen LogP contribution < -0.4 is 10.5 Å². The zero-order valence-corrected chi connectivity index (χ0v) is 13.0. The monoisotopic (exact) mass is 307 g/mol. The SMILES string of the molecule is COc1ccc(C(CN)SCc2ccc(Cl)cc2)cc1.